The predicted molar refractivity (Wildman–Crippen MR) is 118 cm³/mol. The van der Waals surface area contributed by atoms with E-state index in [0.717, 1.165) is 5.56 Å². The Morgan fingerprint density at radius 3 is 2.63 bits per heavy atom. The number of fused-ring (bicyclic) bond motifs is 1. The van der Waals surface area contributed by atoms with Crippen molar-refractivity contribution in [2.24, 2.45) is 0 Å². The number of nitrogens with zero attached hydrogens (tertiary/aromatic N) is 5. The molecule has 3 atom stereocenters. The molecule has 4 rings (SSSR count). The highest BCUT2D eigenvalue weighted by molar-refractivity contribution is 5.76. The summed E-state index contributed by atoms with van der Waals surface area (Å²) in [6.07, 6.45) is 1.91. The Morgan fingerprint density at radius 2 is 1.94 bits per heavy atom. The summed E-state index contributed by atoms with van der Waals surface area (Å²) in [6, 6.07) is 6.24. The molecule has 3 aromatic rings. The Morgan fingerprint density at radius 1 is 1.17 bits per heavy atom. The molecule has 13 heteroatoms. The minimum Gasteiger partial charge on any atom is -0.476 e. The molecule has 0 unspecified atom stereocenters. The Bertz CT molecular complexity index is 1230. The third-order valence-corrected chi connectivity index (χ3v) is 5.36. The first-order valence-corrected chi connectivity index (χ1v) is 10.8. The lowest BCUT2D eigenvalue weighted by molar-refractivity contribution is -0.384. The number of nitro groups is 1. The minimum atomic E-state index is -0.635. The van der Waals surface area contributed by atoms with E-state index >= 15 is 0 Å². The van der Waals surface area contributed by atoms with Crippen LogP contribution in [0.5, 0.6) is 5.88 Å². The van der Waals surface area contributed by atoms with E-state index in [9.17, 15) is 19.7 Å². The number of carbonyl (C=O) groups is 2. The summed E-state index contributed by atoms with van der Waals surface area (Å²) in [5, 5.41) is 10.8. The average molecular weight is 485 g/mol. The predicted octanol–water partition coefficient (Wildman–Crippen LogP) is 2.14. The van der Waals surface area contributed by atoms with Crippen LogP contribution in [-0.4, -0.2) is 61.8 Å². The van der Waals surface area contributed by atoms with E-state index < -0.39 is 35.3 Å². The molecule has 0 spiro atoms. The summed E-state index contributed by atoms with van der Waals surface area (Å²) in [5.41, 5.74) is 1.79. The molecule has 1 aliphatic heterocycles. The number of imidazole rings is 1. The van der Waals surface area contributed by atoms with Crippen molar-refractivity contribution in [3.05, 3.63) is 52.6 Å². The number of ether oxygens (including phenoxy) is 4. The summed E-state index contributed by atoms with van der Waals surface area (Å²) < 4.78 is 23.9. The van der Waals surface area contributed by atoms with Crippen molar-refractivity contribution in [2.45, 2.75) is 45.1 Å². The molecule has 184 valence electrons. The van der Waals surface area contributed by atoms with Gasteiger partial charge in [-0.3, -0.25) is 24.3 Å². The fraction of sp³-hybridized carbons (Fsp3) is 0.409. The van der Waals surface area contributed by atoms with E-state index in [2.05, 4.69) is 15.0 Å². The van der Waals surface area contributed by atoms with Crippen LogP contribution in [0, 0.1) is 10.1 Å². The molecule has 0 bridgehead atoms. The molecule has 0 aliphatic carbocycles. The fourth-order valence-corrected chi connectivity index (χ4v) is 3.75. The summed E-state index contributed by atoms with van der Waals surface area (Å²) >= 11 is 0. The van der Waals surface area contributed by atoms with E-state index in [1.165, 1.54) is 38.6 Å². The van der Waals surface area contributed by atoms with Crippen molar-refractivity contribution in [1.82, 2.24) is 19.5 Å². The fourth-order valence-electron chi connectivity index (χ4n) is 3.75. The lowest BCUT2D eigenvalue weighted by Crippen LogP contribution is -2.31. The highest BCUT2D eigenvalue weighted by Gasteiger charge is 2.40. The van der Waals surface area contributed by atoms with Crippen molar-refractivity contribution in [3.63, 3.8) is 0 Å². The van der Waals surface area contributed by atoms with Gasteiger partial charge in [0.1, 0.15) is 31.4 Å². The van der Waals surface area contributed by atoms with E-state index in [1.807, 2.05) is 0 Å². The van der Waals surface area contributed by atoms with Crippen LogP contribution in [0.1, 0.15) is 32.1 Å². The van der Waals surface area contributed by atoms with Gasteiger partial charge >= 0.3 is 11.9 Å². The van der Waals surface area contributed by atoms with E-state index in [1.54, 1.807) is 16.7 Å². The molecule has 1 aliphatic rings. The van der Waals surface area contributed by atoms with Crippen LogP contribution in [0.3, 0.4) is 0 Å². The molecule has 35 heavy (non-hydrogen) atoms. The van der Waals surface area contributed by atoms with Gasteiger partial charge in [-0.1, -0.05) is 12.1 Å². The molecular formula is C22H23N5O8. The molecule has 0 radical (unpaired) electrons. The van der Waals surface area contributed by atoms with Gasteiger partial charge in [-0.25, -0.2) is 9.97 Å². The number of hydrogen-bond donors (Lipinski definition) is 0. The third kappa shape index (κ3) is 5.69. The second-order valence-electron chi connectivity index (χ2n) is 7.84. The highest BCUT2D eigenvalue weighted by atomic mass is 16.6. The van der Waals surface area contributed by atoms with Crippen LogP contribution in [0.25, 0.3) is 11.2 Å². The van der Waals surface area contributed by atoms with Crippen molar-refractivity contribution >= 4 is 28.8 Å². The van der Waals surface area contributed by atoms with Crippen LogP contribution in [0.15, 0.2) is 36.9 Å². The number of aromatic nitrogens is 4. The Hall–Kier alpha value is -4.13. The first kappa shape index (κ1) is 24.0. The summed E-state index contributed by atoms with van der Waals surface area (Å²) in [6.45, 7) is 2.81. The minimum absolute atomic E-state index is 0.0258. The molecule has 0 amide bonds. The topological polar surface area (TPSA) is 158 Å². The molecular weight excluding hydrogens is 462 g/mol. The van der Waals surface area contributed by atoms with E-state index in [0.29, 0.717) is 24.0 Å². The number of non-ortho nitro benzene ring substituents is 1. The number of esters is 2. The summed E-state index contributed by atoms with van der Waals surface area (Å²) in [4.78, 5) is 45.9. The average Bonchev–Trinajstić information content (AvgIpc) is 3.42. The van der Waals surface area contributed by atoms with Gasteiger partial charge in [-0.2, -0.15) is 4.98 Å². The number of nitro benzene ring substituents is 1. The third-order valence-electron chi connectivity index (χ3n) is 5.36. The summed E-state index contributed by atoms with van der Waals surface area (Å²) in [7, 11) is 0. The first-order chi connectivity index (χ1) is 16.8. The smallest absolute Gasteiger partial charge is 0.303 e. The molecule has 1 saturated heterocycles. The van der Waals surface area contributed by atoms with Crippen molar-refractivity contribution in [1.29, 1.82) is 0 Å². The van der Waals surface area contributed by atoms with Crippen LogP contribution < -0.4 is 4.74 Å². The van der Waals surface area contributed by atoms with E-state index in [-0.39, 0.29) is 24.8 Å². The second kappa shape index (κ2) is 10.4. The first-order valence-electron chi connectivity index (χ1n) is 10.8. The zero-order valence-corrected chi connectivity index (χ0v) is 19.0. The van der Waals surface area contributed by atoms with Gasteiger partial charge < -0.3 is 18.9 Å². The number of benzene rings is 1. The quantitative estimate of drug-likeness (QED) is 0.248. The maximum absolute atomic E-state index is 11.5. The number of hydrogen-bond acceptors (Lipinski definition) is 11. The van der Waals surface area contributed by atoms with Gasteiger partial charge in [0, 0.05) is 38.8 Å². The van der Waals surface area contributed by atoms with Crippen molar-refractivity contribution in [3.8, 4) is 5.88 Å². The van der Waals surface area contributed by atoms with Crippen LogP contribution in [0.4, 0.5) is 5.69 Å². The van der Waals surface area contributed by atoms with Gasteiger partial charge in [0.25, 0.3) is 5.69 Å². The van der Waals surface area contributed by atoms with Crippen LogP contribution in [0.2, 0.25) is 0 Å². The SMILES string of the molecule is CC(=O)OC[C@H]1O[C@@H](n2cnc3c(OCCc4ccc([N+](=O)[O-])cc4)ncnc32)C[C@@H]1OC(C)=O. The maximum Gasteiger partial charge on any atom is 0.303 e. The number of carbonyl (C=O) groups excluding carboxylic acids is 2. The molecule has 3 heterocycles. The molecule has 1 aromatic carbocycles. The zero-order chi connectivity index (χ0) is 24.9. The Labute approximate surface area is 199 Å². The van der Waals surface area contributed by atoms with E-state index in [4.69, 9.17) is 18.9 Å². The highest BCUT2D eigenvalue weighted by Crippen LogP contribution is 2.34. The van der Waals surface area contributed by atoms with Crippen LogP contribution >= 0.6 is 0 Å². The monoisotopic (exact) mass is 485 g/mol. The lowest BCUT2D eigenvalue weighted by Gasteiger charge is -2.17. The van der Waals surface area contributed by atoms with Gasteiger partial charge in [-0.15, -0.1) is 0 Å². The summed E-state index contributed by atoms with van der Waals surface area (Å²) in [5.74, 6) is -0.648. The maximum atomic E-state index is 11.5. The molecule has 0 saturated carbocycles. The van der Waals surface area contributed by atoms with Gasteiger partial charge in [0.05, 0.1) is 17.9 Å². The standard InChI is InChI=1S/C22H23N5O8/c1-13(28)33-10-18-17(34-14(2)29)9-19(35-18)26-12-25-20-21(26)23-11-24-22(20)32-8-7-15-3-5-16(6-4-15)27(30)31/h3-6,11-12,17-19H,7-10H2,1-2H3/t17-,18+,19+/m0/s1. The molecule has 13 nitrogen and oxygen atoms in total. The molecule has 2 aromatic heterocycles. The number of rotatable bonds is 9. The lowest BCUT2D eigenvalue weighted by atomic mass is 10.1. The van der Waals surface area contributed by atoms with Gasteiger partial charge in [-0.05, 0) is 5.56 Å². The second-order valence-corrected chi connectivity index (χ2v) is 7.84. The molecule has 1 fully saturated rings. The van der Waals surface area contributed by atoms with Gasteiger partial charge in [0.2, 0.25) is 5.88 Å². The van der Waals surface area contributed by atoms with Crippen molar-refractivity contribution < 1.29 is 33.5 Å². The molecule has 0 N–H and O–H groups in total. The normalized spacial score (nSPS) is 19.4. The Balaban J connectivity index is 1.45. The Kier molecular flexibility index (Phi) is 7.15. The van der Waals surface area contributed by atoms with Gasteiger partial charge in [0.15, 0.2) is 11.2 Å². The van der Waals surface area contributed by atoms with Crippen molar-refractivity contribution in [2.75, 3.05) is 13.2 Å². The zero-order valence-electron chi connectivity index (χ0n) is 19.0. The van der Waals surface area contributed by atoms with Crippen LogP contribution in [-0.2, 0) is 30.2 Å². The largest absolute Gasteiger partial charge is 0.476 e.